The molecule has 0 spiro atoms. The van der Waals surface area contributed by atoms with E-state index in [0.29, 0.717) is 6.54 Å². The minimum atomic E-state index is -0.124. The number of halogens is 1. The molecule has 1 rings (SSSR count). The Morgan fingerprint density at radius 3 is 2.47 bits per heavy atom. The van der Waals surface area contributed by atoms with E-state index >= 15 is 0 Å². The first-order valence-corrected chi connectivity index (χ1v) is 5.48. The van der Waals surface area contributed by atoms with Gasteiger partial charge in [0, 0.05) is 12.0 Å². The number of alkyl halides is 1. The van der Waals surface area contributed by atoms with Crippen molar-refractivity contribution >= 4 is 17.5 Å². The van der Waals surface area contributed by atoms with Crippen LogP contribution in [0.2, 0.25) is 0 Å². The minimum absolute atomic E-state index is 0.0187. The summed E-state index contributed by atoms with van der Waals surface area (Å²) >= 11 is 5.41. The molecule has 1 amide bonds. The first-order valence-electron chi connectivity index (χ1n) is 4.94. The molecule has 0 fully saturated rings. The number of hydrogen-bond acceptors (Lipinski definition) is 1. The Morgan fingerprint density at radius 2 is 1.93 bits per heavy atom. The van der Waals surface area contributed by atoms with Crippen molar-refractivity contribution in [1.29, 1.82) is 0 Å². The van der Waals surface area contributed by atoms with Gasteiger partial charge in [-0.25, -0.2) is 0 Å². The van der Waals surface area contributed by atoms with E-state index in [1.807, 2.05) is 18.2 Å². The van der Waals surface area contributed by atoms with Gasteiger partial charge in [-0.3, -0.25) is 4.79 Å². The Bertz CT molecular complexity index is 322. The molecule has 2 nitrogen and oxygen atoms in total. The van der Waals surface area contributed by atoms with Crippen LogP contribution in [0.3, 0.4) is 0 Å². The summed E-state index contributed by atoms with van der Waals surface area (Å²) in [4.78, 5) is 11.0. The average Bonchev–Trinajstić information content (AvgIpc) is 2.27. The van der Waals surface area contributed by atoms with E-state index in [4.69, 9.17) is 11.6 Å². The summed E-state index contributed by atoms with van der Waals surface area (Å²) in [6, 6.07) is 10.1. The zero-order valence-electron chi connectivity index (χ0n) is 9.09. The van der Waals surface area contributed by atoms with Crippen LogP contribution in [0.25, 0.3) is 0 Å². The van der Waals surface area contributed by atoms with Crippen molar-refractivity contribution < 1.29 is 4.79 Å². The lowest BCUT2D eigenvalue weighted by molar-refractivity contribution is -0.118. The molecule has 1 N–H and O–H groups in total. The van der Waals surface area contributed by atoms with Crippen LogP contribution in [-0.2, 0) is 10.2 Å². The number of nitrogens with one attached hydrogen (secondary N) is 1. The largest absolute Gasteiger partial charge is 0.354 e. The first kappa shape index (κ1) is 12.1. The van der Waals surface area contributed by atoms with E-state index in [1.54, 1.807) is 0 Å². The summed E-state index contributed by atoms with van der Waals surface area (Å²) in [5.41, 5.74) is 1.14. The molecule has 82 valence electrons. The lowest BCUT2D eigenvalue weighted by atomic mass is 9.85. The second kappa shape index (κ2) is 5.17. The topological polar surface area (TPSA) is 29.1 Å². The van der Waals surface area contributed by atoms with Gasteiger partial charge >= 0.3 is 0 Å². The van der Waals surface area contributed by atoms with Gasteiger partial charge in [0.2, 0.25) is 5.91 Å². The molecule has 0 heterocycles. The molecular weight excluding hydrogens is 210 g/mol. The van der Waals surface area contributed by atoms with Gasteiger partial charge in [-0.05, 0) is 5.56 Å². The predicted molar refractivity (Wildman–Crippen MR) is 63.2 cm³/mol. The third kappa shape index (κ3) is 3.56. The van der Waals surface area contributed by atoms with Crippen molar-refractivity contribution in [3.8, 4) is 0 Å². The third-order valence-corrected chi connectivity index (χ3v) is 2.65. The summed E-state index contributed by atoms with van der Waals surface area (Å²) < 4.78 is 0. The maximum Gasteiger partial charge on any atom is 0.234 e. The van der Waals surface area contributed by atoms with Crippen LogP contribution in [0.5, 0.6) is 0 Å². The molecule has 0 saturated heterocycles. The normalized spacial score (nSPS) is 11.1. The zero-order valence-corrected chi connectivity index (χ0v) is 9.84. The van der Waals surface area contributed by atoms with E-state index in [9.17, 15) is 4.79 Å². The number of benzene rings is 1. The van der Waals surface area contributed by atoms with E-state index < -0.39 is 0 Å². The first-order chi connectivity index (χ1) is 7.06. The summed E-state index contributed by atoms with van der Waals surface area (Å²) in [5, 5.41) is 2.80. The molecule has 1 aromatic carbocycles. The summed E-state index contributed by atoms with van der Waals surface area (Å²) in [5.74, 6) is -0.106. The highest BCUT2D eigenvalue weighted by Gasteiger charge is 2.20. The number of rotatable bonds is 4. The van der Waals surface area contributed by atoms with Crippen LogP contribution in [-0.4, -0.2) is 18.3 Å². The SMILES string of the molecule is CC(C)(CNC(=O)CCl)c1ccccc1. The Balaban J connectivity index is 2.63. The van der Waals surface area contributed by atoms with Crippen molar-refractivity contribution in [3.63, 3.8) is 0 Å². The van der Waals surface area contributed by atoms with Gasteiger partial charge in [-0.2, -0.15) is 0 Å². The van der Waals surface area contributed by atoms with Gasteiger partial charge in [0.25, 0.3) is 0 Å². The smallest absolute Gasteiger partial charge is 0.234 e. The fourth-order valence-electron chi connectivity index (χ4n) is 1.36. The monoisotopic (exact) mass is 225 g/mol. The van der Waals surface area contributed by atoms with E-state index in [-0.39, 0.29) is 17.2 Å². The number of carbonyl (C=O) groups is 1. The highest BCUT2D eigenvalue weighted by Crippen LogP contribution is 2.21. The van der Waals surface area contributed by atoms with Crippen molar-refractivity contribution in [2.24, 2.45) is 0 Å². The van der Waals surface area contributed by atoms with Crippen LogP contribution in [0.1, 0.15) is 19.4 Å². The Hall–Kier alpha value is -1.02. The van der Waals surface area contributed by atoms with E-state index in [2.05, 4.69) is 31.3 Å². The minimum Gasteiger partial charge on any atom is -0.354 e. The van der Waals surface area contributed by atoms with Crippen LogP contribution in [0.15, 0.2) is 30.3 Å². The molecule has 15 heavy (non-hydrogen) atoms. The molecule has 0 radical (unpaired) electrons. The number of carbonyl (C=O) groups excluding carboxylic acids is 1. The molecule has 1 aromatic rings. The molecular formula is C12H16ClNO. The van der Waals surface area contributed by atoms with E-state index in [0.717, 1.165) is 0 Å². The molecule has 0 aliphatic rings. The average molecular weight is 226 g/mol. The summed E-state index contributed by atoms with van der Waals surface area (Å²) in [6.07, 6.45) is 0. The summed E-state index contributed by atoms with van der Waals surface area (Å²) in [6.45, 7) is 4.79. The maximum atomic E-state index is 11.0. The molecule has 3 heteroatoms. The maximum absolute atomic E-state index is 11.0. The Morgan fingerprint density at radius 1 is 1.33 bits per heavy atom. The van der Waals surface area contributed by atoms with Gasteiger partial charge in [0.15, 0.2) is 0 Å². The van der Waals surface area contributed by atoms with Crippen molar-refractivity contribution in [1.82, 2.24) is 5.32 Å². The highest BCUT2D eigenvalue weighted by molar-refractivity contribution is 6.27. The molecule has 0 unspecified atom stereocenters. The number of hydrogen-bond donors (Lipinski definition) is 1. The van der Waals surface area contributed by atoms with Crippen LogP contribution in [0, 0.1) is 0 Å². The van der Waals surface area contributed by atoms with Crippen LogP contribution >= 0.6 is 11.6 Å². The van der Waals surface area contributed by atoms with Gasteiger partial charge < -0.3 is 5.32 Å². The van der Waals surface area contributed by atoms with Crippen molar-refractivity contribution in [3.05, 3.63) is 35.9 Å². The molecule has 0 bridgehead atoms. The summed E-state index contributed by atoms with van der Waals surface area (Å²) in [7, 11) is 0. The predicted octanol–water partition coefficient (Wildman–Crippen LogP) is 2.32. The van der Waals surface area contributed by atoms with Gasteiger partial charge in [0.05, 0.1) is 0 Å². The van der Waals surface area contributed by atoms with Crippen LogP contribution < -0.4 is 5.32 Å². The lowest BCUT2D eigenvalue weighted by Crippen LogP contribution is -2.37. The van der Waals surface area contributed by atoms with Gasteiger partial charge in [0.1, 0.15) is 5.88 Å². The molecule has 0 aliphatic heterocycles. The molecule has 0 aliphatic carbocycles. The second-order valence-corrected chi connectivity index (χ2v) is 4.43. The molecule has 0 saturated carbocycles. The van der Waals surface area contributed by atoms with E-state index in [1.165, 1.54) is 5.56 Å². The second-order valence-electron chi connectivity index (χ2n) is 4.16. The number of amides is 1. The zero-order chi connectivity index (χ0) is 11.3. The quantitative estimate of drug-likeness (QED) is 0.783. The van der Waals surface area contributed by atoms with Crippen molar-refractivity contribution in [2.75, 3.05) is 12.4 Å². The van der Waals surface area contributed by atoms with Gasteiger partial charge in [-0.1, -0.05) is 44.2 Å². The Kier molecular flexibility index (Phi) is 4.15. The Labute approximate surface area is 95.6 Å². The van der Waals surface area contributed by atoms with Gasteiger partial charge in [-0.15, -0.1) is 11.6 Å². The highest BCUT2D eigenvalue weighted by atomic mass is 35.5. The lowest BCUT2D eigenvalue weighted by Gasteiger charge is -2.25. The van der Waals surface area contributed by atoms with Crippen molar-refractivity contribution in [2.45, 2.75) is 19.3 Å². The fourth-order valence-corrected chi connectivity index (χ4v) is 1.45. The molecule has 0 aromatic heterocycles. The fraction of sp³-hybridized carbons (Fsp3) is 0.417. The standard InChI is InChI=1S/C12H16ClNO/c1-12(2,9-14-11(15)8-13)10-6-4-3-5-7-10/h3-7H,8-9H2,1-2H3,(H,14,15). The third-order valence-electron chi connectivity index (χ3n) is 2.40. The molecule has 0 atom stereocenters. The van der Waals surface area contributed by atoms with Crippen LogP contribution in [0.4, 0.5) is 0 Å².